The van der Waals surface area contributed by atoms with Crippen LogP contribution in [-0.4, -0.2) is 38.9 Å². The van der Waals surface area contributed by atoms with Gasteiger partial charge in [-0.1, -0.05) is 0 Å². The van der Waals surface area contributed by atoms with E-state index in [1.807, 2.05) is 0 Å². The van der Waals surface area contributed by atoms with Crippen LogP contribution in [0.15, 0.2) is 18.2 Å². The molecule has 0 saturated carbocycles. The predicted molar refractivity (Wildman–Crippen MR) is 79.5 cm³/mol. The average Bonchev–Trinajstić information content (AvgIpc) is 2.39. The van der Waals surface area contributed by atoms with Crippen molar-refractivity contribution >= 4 is 27.1 Å². The summed E-state index contributed by atoms with van der Waals surface area (Å²) in [6, 6.07) is 4.83. The summed E-state index contributed by atoms with van der Waals surface area (Å²) in [4.78, 5) is 11.5. The molecule has 1 atom stereocenters. The largest absolute Gasteiger partial charge is 0.397 e. The number of sulfone groups is 1. The van der Waals surface area contributed by atoms with Crippen molar-refractivity contribution in [1.29, 1.82) is 0 Å². The summed E-state index contributed by atoms with van der Waals surface area (Å²) in [7, 11) is -1.40. The molecule has 2 rings (SSSR count). The first-order valence-electron chi connectivity index (χ1n) is 6.50. The van der Waals surface area contributed by atoms with Crippen LogP contribution in [0.5, 0.6) is 0 Å². The van der Waals surface area contributed by atoms with E-state index >= 15 is 0 Å². The molecule has 1 aliphatic heterocycles. The smallest absolute Gasteiger partial charge is 0.251 e. The molecule has 1 unspecified atom stereocenters. The van der Waals surface area contributed by atoms with Gasteiger partial charge in [0.1, 0.15) is 0 Å². The van der Waals surface area contributed by atoms with Gasteiger partial charge in [-0.3, -0.25) is 4.79 Å². The predicted octanol–water partition coefficient (Wildman–Crippen LogP) is 0.618. The number of amides is 1. The minimum absolute atomic E-state index is 0.123. The highest BCUT2D eigenvalue weighted by Gasteiger charge is 2.24. The van der Waals surface area contributed by atoms with Crippen LogP contribution in [0, 0.1) is 0 Å². The monoisotopic (exact) mass is 297 g/mol. The Morgan fingerprint density at radius 3 is 2.75 bits per heavy atom. The molecule has 1 aromatic rings. The maximum Gasteiger partial charge on any atom is 0.251 e. The van der Waals surface area contributed by atoms with Crippen molar-refractivity contribution in [3.63, 3.8) is 0 Å². The molecule has 1 aliphatic rings. The topological polar surface area (TPSA) is 101 Å². The summed E-state index contributed by atoms with van der Waals surface area (Å²) in [5.74, 6) is 0.184. The summed E-state index contributed by atoms with van der Waals surface area (Å²) < 4.78 is 23.2. The van der Waals surface area contributed by atoms with Crippen LogP contribution in [0.4, 0.5) is 11.4 Å². The molecule has 20 heavy (non-hydrogen) atoms. The molecule has 110 valence electrons. The van der Waals surface area contributed by atoms with Crippen molar-refractivity contribution in [2.45, 2.75) is 18.9 Å². The molecule has 1 aromatic carbocycles. The van der Waals surface area contributed by atoms with Crippen molar-refractivity contribution in [2.24, 2.45) is 0 Å². The van der Waals surface area contributed by atoms with Gasteiger partial charge in [-0.2, -0.15) is 0 Å². The Hall–Kier alpha value is -1.76. The molecule has 0 radical (unpaired) electrons. The number of benzene rings is 1. The molecule has 0 bridgehead atoms. The number of rotatable bonds is 3. The zero-order valence-electron chi connectivity index (χ0n) is 11.3. The Bertz CT molecular complexity index is 613. The molecule has 0 spiro atoms. The first kappa shape index (κ1) is 14.6. The molecular weight excluding hydrogens is 278 g/mol. The van der Waals surface area contributed by atoms with Crippen LogP contribution >= 0.6 is 0 Å². The lowest BCUT2D eigenvalue weighted by Crippen LogP contribution is -2.35. The van der Waals surface area contributed by atoms with Gasteiger partial charge in [0, 0.05) is 18.7 Å². The number of hydrogen-bond acceptors (Lipinski definition) is 5. The van der Waals surface area contributed by atoms with Crippen molar-refractivity contribution in [3.05, 3.63) is 23.8 Å². The quantitative estimate of drug-likeness (QED) is 0.710. The van der Waals surface area contributed by atoms with E-state index < -0.39 is 9.84 Å². The van der Waals surface area contributed by atoms with E-state index in [0.29, 0.717) is 23.4 Å². The Morgan fingerprint density at radius 2 is 2.15 bits per heavy atom. The molecule has 6 nitrogen and oxygen atoms in total. The lowest BCUT2D eigenvalue weighted by Gasteiger charge is -2.24. The van der Waals surface area contributed by atoms with Gasteiger partial charge in [0.2, 0.25) is 0 Å². The normalized spacial score (nSPS) is 21.1. The number of carbonyl (C=O) groups is 1. The Morgan fingerprint density at radius 1 is 1.40 bits per heavy atom. The SMILES string of the molecule is CNC(=O)c1ccc(NC2CCCS(=O)(=O)C2)c(N)c1. The maximum absolute atomic E-state index is 11.6. The van der Waals surface area contributed by atoms with Crippen molar-refractivity contribution < 1.29 is 13.2 Å². The second-order valence-corrected chi connectivity index (χ2v) is 7.21. The summed E-state index contributed by atoms with van der Waals surface area (Å²) in [5, 5.41) is 5.68. The Kier molecular flexibility index (Phi) is 4.17. The molecule has 1 fully saturated rings. The third-order valence-corrected chi connectivity index (χ3v) is 5.18. The molecule has 1 saturated heterocycles. The number of hydrogen-bond donors (Lipinski definition) is 3. The fraction of sp³-hybridized carbons (Fsp3) is 0.462. The highest BCUT2D eigenvalue weighted by Crippen LogP contribution is 2.23. The summed E-state index contributed by atoms with van der Waals surface area (Å²) >= 11 is 0. The lowest BCUT2D eigenvalue weighted by atomic mass is 10.1. The van der Waals surface area contributed by atoms with E-state index in [-0.39, 0.29) is 23.5 Å². The van der Waals surface area contributed by atoms with Gasteiger partial charge in [-0.15, -0.1) is 0 Å². The number of nitrogens with two attached hydrogens (primary N) is 1. The summed E-state index contributed by atoms with van der Waals surface area (Å²) in [6.07, 6.45) is 1.46. The van der Waals surface area contributed by atoms with Crippen LogP contribution in [-0.2, 0) is 9.84 Å². The second kappa shape index (κ2) is 5.70. The first-order valence-corrected chi connectivity index (χ1v) is 8.32. The number of nitrogen functional groups attached to an aromatic ring is 1. The van der Waals surface area contributed by atoms with E-state index in [2.05, 4.69) is 10.6 Å². The van der Waals surface area contributed by atoms with Gasteiger partial charge in [0.15, 0.2) is 9.84 Å². The minimum Gasteiger partial charge on any atom is -0.397 e. The fourth-order valence-electron chi connectivity index (χ4n) is 2.34. The van der Waals surface area contributed by atoms with Gasteiger partial charge in [-0.05, 0) is 31.0 Å². The standard InChI is InChI=1S/C13H19N3O3S/c1-15-13(17)9-4-5-12(11(14)7-9)16-10-3-2-6-20(18,19)8-10/h4-5,7,10,16H,2-3,6,8,14H2,1H3,(H,15,17). The number of anilines is 2. The molecular formula is C13H19N3O3S. The lowest BCUT2D eigenvalue weighted by molar-refractivity contribution is 0.0963. The van der Waals surface area contributed by atoms with Crippen molar-refractivity contribution in [1.82, 2.24) is 5.32 Å². The zero-order valence-corrected chi connectivity index (χ0v) is 12.2. The molecule has 0 aliphatic carbocycles. The Balaban J connectivity index is 2.12. The minimum atomic E-state index is -2.96. The molecule has 1 amide bonds. The molecule has 1 heterocycles. The van der Waals surface area contributed by atoms with Crippen LogP contribution in [0.1, 0.15) is 23.2 Å². The van der Waals surface area contributed by atoms with Gasteiger partial charge >= 0.3 is 0 Å². The molecule has 7 heteroatoms. The van der Waals surface area contributed by atoms with Crippen LogP contribution in [0.25, 0.3) is 0 Å². The van der Waals surface area contributed by atoms with Crippen molar-refractivity contribution in [2.75, 3.05) is 29.6 Å². The van der Waals surface area contributed by atoms with E-state index in [1.165, 1.54) is 0 Å². The first-order chi connectivity index (χ1) is 9.41. The average molecular weight is 297 g/mol. The third-order valence-electron chi connectivity index (χ3n) is 3.36. The highest BCUT2D eigenvalue weighted by atomic mass is 32.2. The van der Waals surface area contributed by atoms with Crippen LogP contribution in [0.2, 0.25) is 0 Å². The molecule has 0 aromatic heterocycles. The van der Waals surface area contributed by atoms with E-state index in [0.717, 1.165) is 6.42 Å². The zero-order chi connectivity index (χ0) is 14.8. The van der Waals surface area contributed by atoms with Gasteiger partial charge in [-0.25, -0.2) is 8.42 Å². The van der Waals surface area contributed by atoms with E-state index in [9.17, 15) is 13.2 Å². The molecule has 4 N–H and O–H groups in total. The third kappa shape index (κ3) is 3.41. The van der Waals surface area contributed by atoms with Gasteiger partial charge < -0.3 is 16.4 Å². The van der Waals surface area contributed by atoms with E-state index in [1.54, 1.807) is 25.2 Å². The number of nitrogens with one attached hydrogen (secondary N) is 2. The Labute approximate surface area is 118 Å². The van der Waals surface area contributed by atoms with Crippen molar-refractivity contribution in [3.8, 4) is 0 Å². The second-order valence-electron chi connectivity index (χ2n) is 4.98. The van der Waals surface area contributed by atoms with E-state index in [4.69, 9.17) is 5.73 Å². The number of carbonyl (C=O) groups excluding carboxylic acids is 1. The summed E-state index contributed by atoms with van der Waals surface area (Å²) in [5.41, 5.74) is 7.49. The maximum atomic E-state index is 11.6. The van der Waals surface area contributed by atoms with Gasteiger partial charge in [0.25, 0.3) is 5.91 Å². The summed E-state index contributed by atoms with van der Waals surface area (Å²) in [6.45, 7) is 0. The van der Waals surface area contributed by atoms with Crippen LogP contribution < -0.4 is 16.4 Å². The van der Waals surface area contributed by atoms with Gasteiger partial charge in [0.05, 0.1) is 22.9 Å². The highest BCUT2D eigenvalue weighted by molar-refractivity contribution is 7.91. The fourth-order valence-corrected chi connectivity index (χ4v) is 3.97. The van der Waals surface area contributed by atoms with Crippen LogP contribution in [0.3, 0.4) is 0 Å².